The van der Waals surface area contributed by atoms with E-state index in [-0.39, 0.29) is 18.0 Å². The number of aryl methyl sites for hydroxylation is 1. The Hall–Kier alpha value is -0.720. The molecule has 7 heteroatoms. The maximum absolute atomic E-state index is 12.3. The minimum absolute atomic E-state index is 0.0471. The van der Waals surface area contributed by atoms with Gasteiger partial charge in [0, 0.05) is 24.0 Å². The molecule has 1 aliphatic rings. The summed E-state index contributed by atoms with van der Waals surface area (Å²) in [5.41, 5.74) is 0.768. The second-order valence-corrected chi connectivity index (χ2v) is 6.67. The first-order valence-electron chi connectivity index (χ1n) is 5.37. The maximum Gasteiger partial charge on any atom is 0.243 e. The van der Waals surface area contributed by atoms with Crippen LogP contribution < -0.4 is 0 Å². The van der Waals surface area contributed by atoms with Crippen LogP contribution in [0.15, 0.2) is 23.1 Å². The first kappa shape index (κ1) is 13.7. The van der Waals surface area contributed by atoms with Crippen LogP contribution in [-0.4, -0.2) is 32.2 Å². The topological polar surface area (TPSA) is 37.4 Å². The summed E-state index contributed by atoms with van der Waals surface area (Å²) in [4.78, 5) is 0.0471. The zero-order chi connectivity index (χ0) is 13.5. The Morgan fingerprint density at radius 2 is 2.00 bits per heavy atom. The average Bonchev–Trinajstić information content (AvgIpc) is 2.18. The molecule has 0 radical (unpaired) electrons. The normalized spacial score (nSPS) is 18.1. The maximum atomic E-state index is 12.3. The highest BCUT2D eigenvalue weighted by atomic mass is 35.5. The number of rotatable bonds is 3. The Morgan fingerprint density at radius 3 is 2.50 bits per heavy atom. The molecule has 0 saturated carbocycles. The van der Waals surface area contributed by atoms with E-state index in [0.29, 0.717) is 5.02 Å². The van der Waals surface area contributed by atoms with Crippen LogP contribution in [0.25, 0.3) is 0 Å². The predicted octanol–water partition coefficient (Wildman–Crippen LogP) is 2.53. The SMILES string of the molecule is Cc1ccc(S(=O)(=O)N2CC(C(F)F)C2)cc1Cl. The van der Waals surface area contributed by atoms with E-state index >= 15 is 0 Å². The van der Waals surface area contributed by atoms with Gasteiger partial charge < -0.3 is 0 Å². The molecule has 1 aromatic rings. The molecule has 1 aliphatic heterocycles. The second kappa shape index (κ2) is 4.75. The lowest BCUT2D eigenvalue weighted by molar-refractivity contribution is 0.0123. The van der Waals surface area contributed by atoms with Crippen LogP contribution in [0, 0.1) is 12.8 Å². The molecule has 1 saturated heterocycles. The summed E-state index contributed by atoms with van der Waals surface area (Å²) in [5.74, 6) is -0.860. The Labute approximate surface area is 109 Å². The molecule has 0 N–H and O–H groups in total. The summed E-state index contributed by atoms with van der Waals surface area (Å²) in [6.07, 6.45) is -2.47. The smallest absolute Gasteiger partial charge is 0.210 e. The molecule has 0 aliphatic carbocycles. The van der Waals surface area contributed by atoms with Crippen LogP contribution in [0.1, 0.15) is 5.56 Å². The quantitative estimate of drug-likeness (QED) is 0.859. The van der Waals surface area contributed by atoms with E-state index in [1.807, 2.05) is 0 Å². The van der Waals surface area contributed by atoms with Crippen LogP contribution in [0.2, 0.25) is 5.02 Å². The second-order valence-electron chi connectivity index (χ2n) is 4.33. The van der Waals surface area contributed by atoms with Crippen molar-refractivity contribution in [3.05, 3.63) is 28.8 Å². The van der Waals surface area contributed by atoms with E-state index < -0.39 is 22.4 Å². The highest BCUT2D eigenvalue weighted by Crippen LogP contribution is 2.30. The molecule has 1 heterocycles. The van der Waals surface area contributed by atoms with E-state index in [9.17, 15) is 17.2 Å². The summed E-state index contributed by atoms with van der Waals surface area (Å²) in [6.45, 7) is 1.49. The lowest BCUT2D eigenvalue weighted by Gasteiger charge is -2.37. The van der Waals surface area contributed by atoms with Crippen molar-refractivity contribution < 1.29 is 17.2 Å². The molecule has 2 rings (SSSR count). The standard InChI is InChI=1S/C11H12ClF2NO2S/c1-7-2-3-9(4-10(7)12)18(16,17)15-5-8(6-15)11(13)14/h2-4,8,11H,5-6H2,1H3. The fourth-order valence-electron chi connectivity index (χ4n) is 1.71. The molecule has 0 aromatic heterocycles. The Kier molecular flexibility index (Phi) is 3.62. The van der Waals surface area contributed by atoms with Gasteiger partial charge in [0.2, 0.25) is 16.4 Å². The van der Waals surface area contributed by atoms with E-state index in [2.05, 4.69) is 0 Å². The van der Waals surface area contributed by atoms with Gasteiger partial charge in [-0.2, -0.15) is 4.31 Å². The molecule has 3 nitrogen and oxygen atoms in total. The van der Waals surface area contributed by atoms with E-state index in [1.54, 1.807) is 13.0 Å². The first-order chi connectivity index (χ1) is 8.32. The molecule has 0 bridgehead atoms. The van der Waals surface area contributed by atoms with Gasteiger partial charge >= 0.3 is 0 Å². The molecule has 1 aromatic carbocycles. The molecule has 100 valence electrons. The van der Waals surface area contributed by atoms with Crippen LogP contribution in [-0.2, 0) is 10.0 Å². The van der Waals surface area contributed by atoms with Gasteiger partial charge in [-0.1, -0.05) is 17.7 Å². The predicted molar refractivity (Wildman–Crippen MR) is 64.4 cm³/mol. The summed E-state index contributed by atoms with van der Waals surface area (Å²) >= 11 is 5.86. The number of hydrogen-bond donors (Lipinski definition) is 0. The Balaban J connectivity index is 2.20. The summed E-state index contributed by atoms with van der Waals surface area (Å²) in [7, 11) is -3.69. The van der Waals surface area contributed by atoms with Crippen molar-refractivity contribution in [3.8, 4) is 0 Å². The minimum Gasteiger partial charge on any atom is -0.210 e. The molecule has 0 unspecified atom stereocenters. The van der Waals surface area contributed by atoms with Crippen LogP contribution in [0.3, 0.4) is 0 Å². The van der Waals surface area contributed by atoms with Gasteiger partial charge in [0.15, 0.2) is 0 Å². The molecule has 0 atom stereocenters. The number of halogens is 3. The highest BCUT2D eigenvalue weighted by molar-refractivity contribution is 7.89. The van der Waals surface area contributed by atoms with Gasteiger partial charge in [-0.15, -0.1) is 0 Å². The lowest BCUT2D eigenvalue weighted by Crippen LogP contribution is -2.52. The van der Waals surface area contributed by atoms with E-state index in [1.165, 1.54) is 12.1 Å². The largest absolute Gasteiger partial charge is 0.243 e. The fraction of sp³-hybridized carbons (Fsp3) is 0.455. The molecular weight excluding hydrogens is 284 g/mol. The van der Waals surface area contributed by atoms with Crippen LogP contribution in [0.4, 0.5) is 8.78 Å². The number of alkyl halides is 2. The van der Waals surface area contributed by atoms with Gasteiger partial charge in [0.25, 0.3) is 0 Å². The lowest BCUT2D eigenvalue weighted by atomic mass is 10.1. The third-order valence-corrected chi connectivity index (χ3v) is 5.25. The van der Waals surface area contributed by atoms with Crippen molar-refractivity contribution in [2.45, 2.75) is 18.2 Å². The Bertz CT molecular complexity index is 556. The van der Waals surface area contributed by atoms with E-state index in [4.69, 9.17) is 11.6 Å². The van der Waals surface area contributed by atoms with Crippen LogP contribution >= 0.6 is 11.6 Å². The number of nitrogens with zero attached hydrogens (tertiary/aromatic N) is 1. The fourth-order valence-corrected chi connectivity index (χ4v) is 3.53. The van der Waals surface area contributed by atoms with Crippen molar-refractivity contribution >= 4 is 21.6 Å². The van der Waals surface area contributed by atoms with Crippen molar-refractivity contribution in [3.63, 3.8) is 0 Å². The summed E-state index contributed by atoms with van der Waals surface area (Å²) in [5, 5.41) is 0.349. The van der Waals surface area contributed by atoms with Gasteiger partial charge in [-0.25, -0.2) is 17.2 Å². The number of hydrogen-bond acceptors (Lipinski definition) is 2. The first-order valence-corrected chi connectivity index (χ1v) is 7.18. The van der Waals surface area contributed by atoms with Crippen LogP contribution in [0.5, 0.6) is 0 Å². The van der Waals surface area contributed by atoms with Gasteiger partial charge in [-0.3, -0.25) is 0 Å². The van der Waals surface area contributed by atoms with Crippen molar-refractivity contribution in [2.24, 2.45) is 5.92 Å². The average molecular weight is 296 g/mol. The molecular formula is C11H12ClF2NO2S. The molecule has 1 fully saturated rings. The van der Waals surface area contributed by atoms with Crippen molar-refractivity contribution in [2.75, 3.05) is 13.1 Å². The zero-order valence-corrected chi connectivity index (χ0v) is 11.2. The van der Waals surface area contributed by atoms with Gasteiger partial charge in [-0.05, 0) is 24.6 Å². The third kappa shape index (κ3) is 2.37. The van der Waals surface area contributed by atoms with Gasteiger partial charge in [0.1, 0.15) is 0 Å². The summed E-state index contributed by atoms with van der Waals surface area (Å²) in [6, 6.07) is 4.38. The number of sulfonamides is 1. The third-order valence-electron chi connectivity index (χ3n) is 3.01. The summed E-state index contributed by atoms with van der Waals surface area (Å²) < 4.78 is 49.8. The van der Waals surface area contributed by atoms with Crippen molar-refractivity contribution in [1.29, 1.82) is 0 Å². The molecule has 0 amide bonds. The zero-order valence-electron chi connectivity index (χ0n) is 9.61. The van der Waals surface area contributed by atoms with Gasteiger partial charge in [0.05, 0.1) is 4.90 Å². The number of benzene rings is 1. The van der Waals surface area contributed by atoms with Crippen molar-refractivity contribution in [1.82, 2.24) is 4.31 Å². The van der Waals surface area contributed by atoms with E-state index in [0.717, 1.165) is 9.87 Å². The highest BCUT2D eigenvalue weighted by Gasteiger charge is 2.41. The monoisotopic (exact) mass is 295 g/mol. The molecule has 18 heavy (non-hydrogen) atoms. The Morgan fingerprint density at radius 1 is 1.39 bits per heavy atom. The minimum atomic E-state index is -3.69. The molecule has 0 spiro atoms.